The Labute approximate surface area is 133 Å². The van der Waals surface area contributed by atoms with Crippen LogP contribution < -0.4 is 11.1 Å². The average molecular weight is 354 g/mol. The van der Waals surface area contributed by atoms with Gasteiger partial charge in [0.15, 0.2) is 0 Å². The van der Waals surface area contributed by atoms with Gasteiger partial charge in [-0.2, -0.15) is 0 Å². The fourth-order valence-electron chi connectivity index (χ4n) is 2.68. The zero-order valence-corrected chi connectivity index (χ0v) is 13.6. The molecule has 2 amide bonds. The van der Waals surface area contributed by atoms with Gasteiger partial charge in [-0.1, -0.05) is 15.9 Å². The zero-order valence-electron chi connectivity index (χ0n) is 12.1. The van der Waals surface area contributed by atoms with Crippen molar-refractivity contribution in [3.05, 3.63) is 33.8 Å². The third-order valence-electron chi connectivity index (χ3n) is 3.63. The molecule has 1 aromatic rings. The molecule has 0 radical (unpaired) electrons. The minimum absolute atomic E-state index is 0.0327. The lowest BCUT2D eigenvalue weighted by atomic mass is 10.0. The first-order valence-corrected chi connectivity index (χ1v) is 7.84. The van der Waals surface area contributed by atoms with Crippen LogP contribution in [0.1, 0.15) is 28.8 Å². The van der Waals surface area contributed by atoms with Crippen molar-refractivity contribution in [3.63, 3.8) is 0 Å². The molecule has 6 heteroatoms. The van der Waals surface area contributed by atoms with Gasteiger partial charge in [0.25, 0.3) is 5.91 Å². The number of amides is 2. The Morgan fingerprint density at radius 1 is 1.33 bits per heavy atom. The summed E-state index contributed by atoms with van der Waals surface area (Å²) >= 11 is 3.40. The SMILES string of the molecule is Cc1cc(Br)cc(C(=O)N(CC(N)=O)C2CCNCC2)c1. The van der Waals surface area contributed by atoms with Gasteiger partial charge in [0.05, 0.1) is 6.54 Å². The van der Waals surface area contributed by atoms with Crippen molar-refractivity contribution in [2.75, 3.05) is 19.6 Å². The third-order valence-corrected chi connectivity index (χ3v) is 4.08. The van der Waals surface area contributed by atoms with E-state index in [1.807, 2.05) is 19.1 Å². The predicted molar refractivity (Wildman–Crippen MR) is 85.0 cm³/mol. The van der Waals surface area contributed by atoms with Crippen molar-refractivity contribution >= 4 is 27.7 Å². The number of carbonyl (C=O) groups excluding carboxylic acids is 2. The molecule has 0 saturated carbocycles. The summed E-state index contributed by atoms with van der Waals surface area (Å²) < 4.78 is 0.857. The maximum Gasteiger partial charge on any atom is 0.254 e. The van der Waals surface area contributed by atoms with E-state index in [1.54, 1.807) is 11.0 Å². The summed E-state index contributed by atoms with van der Waals surface area (Å²) in [5.74, 6) is -0.612. The topological polar surface area (TPSA) is 75.4 Å². The lowest BCUT2D eigenvalue weighted by Crippen LogP contribution is -2.49. The molecular weight excluding hydrogens is 334 g/mol. The van der Waals surface area contributed by atoms with Gasteiger partial charge in [-0.3, -0.25) is 9.59 Å². The van der Waals surface area contributed by atoms with E-state index in [9.17, 15) is 9.59 Å². The first-order chi connectivity index (χ1) is 9.97. The molecule has 1 saturated heterocycles. The average Bonchev–Trinajstić information content (AvgIpc) is 2.44. The van der Waals surface area contributed by atoms with Crippen molar-refractivity contribution in [1.82, 2.24) is 10.2 Å². The van der Waals surface area contributed by atoms with E-state index in [4.69, 9.17) is 5.73 Å². The van der Waals surface area contributed by atoms with Gasteiger partial charge in [0, 0.05) is 16.1 Å². The van der Waals surface area contributed by atoms with Crippen molar-refractivity contribution in [3.8, 4) is 0 Å². The summed E-state index contributed by atoms with van der Waals surface area (Å²) in [6.07, 6.45) is 1.68. The number of piperidine rings is 1. The second-order valence-electron chi connectivity index (χ2n) is 5.40. The van der Waals surface area contributed by atoms with Crippen LogP contribution in [0, 0.1) is 6.92 Å². The first kappa shape index (κ1) is 16.0. The van der Waals surface area contributed by atoms with Crippen LogP contribution in [0.3, 0.4) is 0 Å². The lowest BCUT2D eigenvalue weighted by Gasteiger charge is -2.34. The highest BCUT2D eigenvalue weighted by atomic mass is 79.9. The Morgan fingerprint density at radius 2 is 2.00 bits per heavy atom. The Bertz CT molecular complexity index is 521. The lowest BCUT2D eigenvalue weighted by molar-refractivity contribution is -0.119. The number of nitrogens with zero attached hydrogens (tertiary/aromatic N) is 1. The number of halogens is 1. The highest BCUT2D eigenvalue weighted by Crippen LogP contribution is 2.20. The number of primary amides is 1. The molecular formula is C15H20BrN3O2. The van der Waals surface area contributed by atoms with Crippen molar-refractivity contribution in [1.29, 1.82) is 0 Å². The molecule has 1 aliphatic rings. The van der Waals surface area contributed by atoms with E-state index in [0.717, 1.165) is 36.0 Å². The van der Waals surface area contributed by atoms with E-state index in [-0.39, 0.29) is 18.5 Å². The standard InChI is InChI=1S/C15H20BrN3O2/c1-10-6-11(8-12(16)7-10)15(21)19(9-14(17)20)13-2-4-18-5-3-13/h6-8,13,18H,2-5,9H2,1H3,(H2,17,20). The van der Waals surface area contributed by atoms with Crippen LogP contribution >= 0.6 is 15.9 Å². The highest BCUT2D eigenvalue weighted by Gasteiger charge is 2.27. The summed E-state index contributed by atoms with van der Waals surface area (Å²) in [7, 11) is 0. The number of rotatable bonds is 4. The third kappa shape index (κ3) is 4.28. The Balaban J connectivity index is 2.25. The van der Waals surface area contributed by atoms with Crippen molar-refractivity contribution < 1.29 is 9.59 Å². The van der Waals surface area contributed by atoms with E-state index >= 15 is 0 Å². The van der Waals surface area contributed by atoms with E-state index < -0.39 is 5.91 Å². The molecule has 0 unspecified atom stereocenters. The van der Waals surface area contributed by atoms with Gasteiger partial charge in [0.1, 0.15) is 0 Å². The number of hydrogen-bond acceptors (Lipinski definition) is 3. The van der Waals surface area contributed by atoms with Crippen LogP contribution in [0.2, 0.25) is 0 Å². The maximum absolute atomic E-state index is 12.8. The number of aryl methyl sites for hydroxylation is 1. The molecule has 21 heavy (non-hydrogen) atoms. The van der Waals surface area contributed by atoms with Crippen LogP contribution in [0.15, 0.2) is 22.7 Å². The van der Waals surface area contributed by atoms with E-state index in [0.29, 0.717) is 5.56 Å². The molecule has 0 aliphatic carbocycles. The Kier molecular flexibility index (Phi) is 5.36. The van der Waals surface area contributed by atoms with Crippen LogP contribution in [-0.4, -0.2) is 42.4 Å². The maximum atomic E-state index is 12.8. The zero-order chi connectivity index (χ0) is 15.4. The molecule has 1 heterocycles. The molecule has 0 atom stereocenters. The molecule has 3 N–H and O–H groups in total. The van der Waals surface area contributed by atoms with Gasteiger partial charge in [-0.25, -0.2) is 0 Å². The molecule has 0 spiro atoms. The molecule has 5 nitrogen and oxygen atoms in total. The summed E-state index contributed by atoms with van der Waals surface area (Å²) in [5, 5.41) is 3.26. The second-order valence-corrected chi connectivity index (χ2v) is 6.31. The largest absolute Gasteiger partial charge is 0.368 e. The quantitative estimate of drug-likeness (QED) is 0.859. The van der Waals surface area contributed by atoms with Crippen LogP contribution in [0.5, 0.6) is 0 Å². The fourth-order valence-corrected chi connectivity index (χ4v) is 3.29. The van der Waals surface area contributed by atoms with Gasteiger partial charge < -0.3 is 16.0 Å². The number of carbonyl (C=O) groups is 2. The first-order valence-electron chi connectivity index (χ1n) is 7.04. The minimum Gasteiger partial charge on any atom is -0.368 e. The van der Waals surface area contributed by atoms with Crippen LogP contribution in [0.25, 0.3) is 0 Å². The monoisotopic (exact) mass is 353 g/mol. The van der Waals surface area contributed by atoms with Gasteiger partial charge in [0.2, 0.25) is 5.91 Å². The normalized spacial score (nSPS) is 15.7. The van der Waals surface area contributed by atoms with Gasteiger partial charge >= 0.3 is 0 Å². The number of nitrogens with two attached hydrogens (primary N) is 1. The molecule has 114 valence electrons. The summed E-state index contributed by atoms with van der Waals surface area (Å²) in [5.41, 5.74) is 6.90. The van der Waals surface area contributed by atoms with Crippen LogP contribution in [0.4, 0.5) is 0 Å². The van der Waals surface area contributed by atoms with Gasteiger partial charge in [-0.05, 0) is 56.6 Å². The minimum atomic E-state index is -0.478. The molecule has 0 bridgehead atoms. The second kappa shape index (κ2) is 7.04. The number of nitrogens with one attached hydrogen (secondary N) is 1. The predicted octanol–water partition coefficient (Wildman–Crippen LogP) is 1.44. The van der Waals surface area contributed by atoms with Crippen LogP contribution in [-0.2, 0) is 4.79 Å². The molecule has 2 rings (SSSR count). The number of hydrogen-bond donors (Lipinski definition) is 2. The van der Waals surface area contributed by atoms with Gasteiger partial charge in [-0.15, -0.1) is 0 Å². The Morgan fingerprint density at radius 3 is 2.57 bits per heavy atom. The molecule has 1 fully saturated rings. The molecule has 1 aromatic carbocycles. The summed E-state index contributed by atoms with van der Waals surface area (Å²) in [6, 6.07) is 5.62. The highest BCUT2D eigenvalue weighted by molar-refractivity contribution is 9.10. The van der Waals surface area contributed by atoms with Crippen molar-refractivity contribution in [2.24, 2.45) is 5.73 Å². The van der Waals surface area contributed by atoms with Crippen molar-refractivity contribution in [2.45, 2.75) is 25.8 Å². The van der Waals surface area contributed by atoms with E-state index in [1.165, 1.54) is 0 Å². The molecule has 1 aliphatic heterocycles. The van der Waals surface area contributed by atoms with E-state index in [2.05, 4.69) is 21.2 Å². The smallest absolute Gasteiger partial charge is 0.254 e. The fraction of sp³-hybridized carbons (Fsp3) is 0.467. The number of benzene rings is 1. The Hall–Kier alpha value is -1.40. The summed E-state index contributed by atoms with van der Waals surface area (Å²) in [6.45, 7) is 3.61. The molecule has 0 aromatic heterocycles. The summed E-state index contributed by atoms with van der Waals surface area (Å²) in [4.78, 5) is 25.7.